The van der Waals surface area contributed by atoms with Crippen LogP contribution in [-0.2, 0) is 4.79 Å². The fourth-order valence-electron chi connectivity index (χ4n) is 3.64. The number of amides is 1. The average molecular weight is 346 g/mol. The molecule has 0 saturated carbocycles. The van der Waals surface area contributed by atoms with Gasteiger partial charge in [-0.2, -0.15) is 0 Å². The Hall–Kier alpha value is -3.61. The maximum atomic E-state index is 12.8. The summed E-state index contributed by atoms with van der Waals surface area (Å²) in [7, 11) is 0. The molecule has 26 heavy (non-hydrogen) atoms. The van der Waals surface area contributed by atoms with E-state index in [0.717, 1.165) is 16.6 Å². The number of H-pyrrole nitrogens is 1. The lowest BCUT2D eigenvalue weighted by molar-refractivity contribution is -0.116. The molecule has 1 aliphatic heterocycles. The minimum Gasteiger partial charge on any atom is -0.508 e. The van der Waals surface area contributed by atoms with Crippen molar-refractivity contribution in [2.45, 2.75) is 12.3 Å². The third-order valence-corrected chi connectivity index (χ3v) is 4.80. The molecule has 0 aliphatic carbocycles. The lowest BCUT2D eigenvalue weighted by Gasteiger charge is -2.25. The van der Waals surface area contributed by atoms with E-state index in [-0.39, 0.29) is 23.6 Å². The van der Waals surface area contributed by atoms with Crippen molar-refractivity contribution in [3.05, 3.63) is 70.0 Å². The molecule has 5 rings (SSSR count). The van der Waals surface area contributed by atoms with E-state index in [1.807, 2.05) is 24.3 Å². The third-order valence-electron chi connectivity index (χ3n) is 4.80. The van der Waals surface area contributed by atoms with Gasteiger partial charge in [0.1, 0.15) is 11.6 Å². The molecule has 4 aromatic rings. The lowest BCUT2D eigenvalue weighted by atomic mass is 9.87. The number of carbonyl (C=O) groups excluding carboxylic acids is 1. The smallest absolute Gasteiger partial charge is 0.258 e. The van der Waals surface area contributed by atoms with Crippen LogP contribution in [0.15, 0.2) is 53.3 Å². The zero-order valence-corrected chi connectivity index (χ0v) is 13.6. The standard InChI is InChI=1S/C19H14N4O3/c24-11-7-5-10(6-8-11)12-9-15(25)21-17-16(12)18(26)22-19-20-13-3-1-2-4-14(13)23(17)19/h1-8,12,24H,9H2,(H,21,25)(H,20,22,26)/t12-/m0/s1. The Bertz CT molecular complexity index is 1240. The van der Waals surface area contributed by atoms with Crippen LogP contribution in [0.2, 0.25) is 0 Å². The molecule has 7 nitrogen and oxygen atoms in total. The molecule has 7 heteroatoms. The summed E-state index contributed by atoms with van der Waals surface area (Å²) in [4.78, 5) is 32.5. The summed E-state index contributed by atoms with van der Waals surface area (Å²) in [5.74, 6) is 0.418. The number of imidazole rings is 1. The van der Waals surface area contributed by atoms with Gasteiger partial charge in [-0.25, -0.2) is 4.98 Å². The van der Waals surface area contributed by atoms with Crippen LogP contribution in [0.5, 0.6) is 5.75 Å². The molecule has 2 aromatic carbocycles. The topological polar surface area (TPSA) is 99.5 Å². The fourth-order valence-corrected chi connectivity index (χ4v) is 3.64. The zero-order chi connectivity index (χ0) is 17.8. The van der Waals surface area contributed by atoms with E-state index in [9.17, 15) is 14.7 Å². The average Bonchev–Trinajstić information content (AvgIpc) is 2.99. The fraction of sp³-hybridized carbons (Fsp3) is 0.105. The number of nitrogens with zero attached hydrogens (tertiary/aromatic N) is 2. The van der Waals surface area contributed by atoms with E-state index >= 15 is 0 Å². The van der Waals surface area contributed by atoms with Crippen molar-refractivity contribution in [3.8, 4) is 5.75 Å². The molecule has 1 aliphatic rings. The van der Waals surface area contributed by atoms with E-state index in [1.165, 1.54) is 0 Å². The summed E-state index contributed by atoms with van der Waals surface area (Å²) in [6.07, 6.45) is 0.166. The molecule has 0 radical (unpaired) electrons. The Kier molecular flexibility index (Phi) is 2.94. The van der Waals surface area contributed by atoms with Gasteiger partial charge < -0.3 is 10.4 Å². The van der Waals surface area contributed by atoms with Gasteiger partial charge in [0.25, 0.3) is 5.56 Å². The first-order valence-corrected chi connectivity index (χ1v) is 8.24. The number of anilines is 1. The van der Waals surface area contributed by atoms with Gasteiger partial charge in [0.2, 0.25) is 11.7 Å². The van der Waals surface area contributed by atoms with Crippen LogP contribution in [0.1, 0.15) is 23.5 Å². The molecule has 0 spiro atoms. The highest BCUT2D eigenvalue weighted by atomic mass is 16.3. The summed E-state index contributed by atoms with van der Waals surface area (Å²) in [5.41, 5.74) is 2.55. The molecular weight excluding hydrogens is 332 g/mol. The van der Waals surface area contributed by atoms with Crippen molar-refractivity contribution in [1.29, 1.82) is 0 Å². The van der Waals surface area contributed by atoms with Crippen LogP contribution in [0.25, 0.3) is 16.8 Å². The number of fused-ring (bicyclic) bond motifs is 5. The minimum atomic E-state index is -0.395. The number of hydrogen-bond donors (Lipinski definition) is 3. The van der Waals surface area contributed by atoms with Crippen molar-refractivity contribution >= 4 is 28.5 Å². The predicted molar refractivity (Wildman–Crippen MR) is 96.5 cm³/mol. The van der Waals surface area contributed by atoms with Crippen LogP contribution in [0, 0.1) is 0 Å². The number of benzene rings is 2. The number of phenols is 1. The maximum absolute atomic E-state index is 12.8. The van der Waals surface area contributed by atoms with Gasteiger partial charge in [-0.05, 0) is 29.8 Å². The van der Waals surface area contributed by atoms with Gasteiger partial charge in [-0.1, -0.05) is 24.3 Å². The number of aromatic nitrogens is 3. The summed E-state index contributed by atoms with van der Waals surface area (Å²) in [6.45, 7) is 0. The zero-order valence-electron chi connectivity index (χ0n) is 13.6. The van der Waals surface area contributed by atoms with Gasteiger partial charge in [0.15, 0.2) is 0 Å². The lowest BCUT2D eigenvalue weighted by Crippen LogP contribution is -2.32. The Morgan fingerprint density at radius 2 is 1.85 bits per heavy atom. The quantitative estimate of drug-likeness (QED) is 0.493. The van der Waals surface area contributed by atoms with E-state index in [4.69, 9.17) is 0 Å². The highest BCUT2D eigenvalue weighted by molar-refractivity contribution is 5.96. The SMILES string of the molecule is O=C1C[C@@H](c2ccc(O)cc2)c2c(n3c(nc4ccccc43)[nH]c2=O)N1. The minimum absolute atomic E-state index is 0.138. The van der Waals surface area contributed by atoms with Crippen LogP contribution < -0.4 is 10.9 Å². The predicted octanol–water partition coefficient (Wildman–Crippen LogP) is 2.36. The second kappa shape index (κ2) is 5.19. The molecule has 1 amide bonds. The second-order valence-corrected chi connectivity index (χ2v) is 6.37. The van der Waals surface area contributed by atoms with Gasteiger partial charge in [0, 0.05) is 12.3 Å². The molecule has 0 unspecified atom stereocenters. The molecular formula is C19H14N4O3. The van der Waals surface area contributed by atoms with E-state index in [0.29, 0.717) is 17.2 Å². The molecule has 2 aromatic heterocycles. The van der Waals surface area contributed by atoms with E-state index in [2.05, 4.69) is 15.3 Å². The van der Waals surface area contributed by atoms with Gasteiger partial charge in [0.05, 0.1) is 16.6 Å². The Balaban J connectivity index is 1.85. The van der Waals surface area contributed by atoms with Gasteiger partial charge in [-0.15, -0.1) is 0 Å². The number of aromatic amines is 1. The molecule has 0 saturated heterocycles. The van der Waals surface area contributed by atoms with Crippen LogP contribution in [0.4, 0.5) is 5.82 Å². The van der Waals surface area contributed by atoms with Crippen LogP contribution in [0.3, 0.4) is 0 Å². The van der Waals surface area contributed by atoms with Gasteiger partial charge in [-0.3, -0.25) is 19.0 Å². The Morgan fingerprint density at radius 3 is 2.65 bits per heavy atom. The Morgan fingerprint density at radius 1 is 1.08 bits per heavy atom. The van der Waals surface area contributed by atoms with Crippen LogP contribution >= 0.6 is 0 Å². The summed E-state index contributed by atoms with van der Waals surface area (Å²) < 4.78 is 1.77. The number of hydrogen-bond acceptors (Lipinski definition) is 4. The number of rotatable bonds is 1. The van der Waals surface area contributed by atoms with Gasteiger partial charge >= 0.3 is 0 Å². The van der Waals surface area contributed by atoms with E-state index in [1.54, 1.807) is 28.7 Å². The second-order valence-electron chi connectivity index (χ2n) is 6.37. The van der Waals surface area contributed by atoms with Crippen molar-refractivity contribution in [1.82, 2.24) is 14.4 Å². The highest BCUT2D eigenvalue weighted by Gasteiger charge is 2.32. The molecule has 0 fully saturated rings. The first kappa shape index (κ1) is 14.7. The van der Waals surface area contributed by atoms with E-state index < -0.39 is 5.92 Å². The third kappa shape index (κ3) is 2.03. The van der Waals surface area contributed by atoms with Crippen molar-refractivity contribution in [3.63, 3.8) is 0 Å². The van der Waals surface area contributed by atoms with Crippen molar-refractivity contribution < 1.29 is 9.90 Å². The number of aromatic hydroxyl groups is 1. The summed E-state index contributed by atoms with van der Waals surface area (Å²) >= 11 is 0. The number of phenolic OH excluding ortho intramolecular Hbond substituents is 1. The largest absolute Gasteiger partial charge is 0.508 e. The molecule has 128 valence electrons. The normalized spacial score (nSPS) is 16.6. The first-order valence-electron chi connectivity index (χ1n) is 8.24. The first-order chi connectivity index (χ1) is 12.6. The number of carbonyl (C=O) groups is 1. The molecule has 0 bridgehead atoms. The van der Waals surface area contributed by atoms with Crippen molar-refractivity contribution in [2.75, 3.05) is 5.32 Å². The Labute approximate surface area is 146 Å². The monoisotopic (exact) mass is 346 g/mol. The van der Waals surface area contributed by atoms with Crippen LogP contribution in [-0.4, -0.2) is 25.4 Å². The number of para-hydroxylation sites is 2. The molecule has 3 heterocycles. The number of nitrogens with one attached hydrogen (secondary N) is 2. The molecule has 1 atom stereocenters. The molecule has 3 N–H and O–H groups in total. The summed E-state index contributed by atoms with van der Waals surface area (Å²) in [6, 6.07) is 14.1. The maximum Gasteiger partial charge on any atom is 0.258 e. The highest BCUT2D eigenvalue weighted by Crippen LogP contribution is 2.36. The summed E-state index contributed by atoms with van der Waals surface area (Å²) in [5, 5.41) is 12.4. The van der Waals surface area contributed by atoms with Crippen molar-refractivity contribution in [2.24, 2.45) is 0 Å².